The second-order valence-electron chi connectivity index (χ2n) is 4.56. The first-order valence-corrected chi connectivity index (χ1v) is 6.81. The molecule has 1 unspecified atom stereocenters. The Kier molecular flexibility index (Phi) is 7.36. The van der Waals surface area contributed by atoms with E-state index in [1.54, 1.807) is 0 Å². The van der Waals surface area contributed by atoms with Gasteiger partial charge >= 0.3 is 12.0 Å². The SMILES string of the molecule is N#CCCCC(NC(=O)NCCC(=O)O)c1ccccc1. The molecule has 6 heteroatoms. The molecule has 1 rings (SSSR count). The quantitative estimate of drug-likeness (QED) is 0.638. The molecule has 0 aliphatic rings. The Labute approximate surface area is 123 Å². The Balaban J connectivity index is 2.54. The fourth-order valence-electron chi connectivity index (χ4n) is 1.88. The van der Waals surface area contributed by atoms with Gasteiger partial charge in [-0.2, -0.15) is 5.26 Å². The van der Waals surface area contributed by atoms with Gasteiger partial charge in [0, 0.05) is 13.0 Å². The Bertz CT molecular complexity index is 497. The van der Waals surface area contributed by atoms with Crippen molar-refractivity contribution >= 4 is 12.0 Å². The second-order valence-corrected chi connectivity index (χ2v) is 4.56. The molecule has 0 spiro atoms. The molecule has 0 aliphatic heterocycles. The first kappa shape index (κ1) is 16.5. The normalized spacial score (nSPS) is 11.2. The van der Waals surface area contributed by atoms with Gasteiger partial charge in [-0.25, -0.2) is 4.79 Å². The molecule has 0 fully saturated rings. The topological polar surface area (TPSA) is 102 Å². The van der Waals surface area contributed by atoms with E-state index >= 15 is 0 Å². The zero-order chi connectivity index (χ0) is 15.5. The Morgan fingerprint density at radius 2 is 2.00 bits per heavy atom. The van der Waals surface area contributed by atoms with Gasteiger partial charge in [0.2, 0.25) is 0 Å². The number of nitrogens with one attached hydrogen (secondary N) is 2. The molecule has 21 heavy (non-hydrogen) atoms. The zero-order valence-electron chi connectivity index (χ0n) is 11.7. The van der Waals surface area contributed by atoms with Crippen molar-refractivity contribution in [3.63, 3.8) is 0 Å². The molecule has 112 valence electrons. The number of carbonyl (C=O) groups is 2. The number of benzene rings is 1. The molecule has 3 N–H and O–H groups in total. The maximum atomic E-state index is 11.8. The fourth-order valence-corrected chi connectivity index (χ4v) is 1.88. The monoisotopic (exact) mass is 289 g/mol. The van der Waals surface area contributed by atoms with Crippen LogP contribution in [0.15, 0.2) is 30.3 Å². The number of nitriles is 1. The highest BCUT2D eigenvalue weighted by Gasteiger charge is 2.14. The predicted octanol–water partition coefficient (Wildman–Crippen LogP) is 2.20. The summed E-state index contributed by atoms with van der Waals surface area (Å²) in [5, 5.41) is 22.4. The number of unbranched alkanes of at least 4 members (excludes halogenated alkanes) is 1. The number of carboxylic acid groups (broad SMARTS) is 1. The van der Waals surface area contributed by atoms with Gasteiger partial charge in [0.15, 0.2) is 0 Å². The lowest BCUT2D eigenvalue weighted by molar-refractivity contribution is -0.136. The van der Waals surface area contributed by atoms with Gasteiger partial charge in [0.1, 0.15) is 0 Å². The van der Waals surface area contributed by atoms with Crippen molar-refractivity contribution in [2.75, 3.05) is 6.54 Å². The highest BCUT2D eigenvalue weighted by Crippen LogP contribution is 2.18. The second kappa shape index (κ2) is 9.37. The molecule has 1 aromatic rings. The Morgan fingerprint density at radius 1 is 1.29 bits per heavy atom. The number of carbonyl (C=O) groups excluding carboxylic acids is 1. The van der Waals surface area contributed by atoms with Crippen molar-refractivity contribution in [1.29, 1.82) is 5.26 Å². The van der Waals surface area contributed by atoms with Crippen molar-refractivity contribution < 1.29 is 14.7 Å². The maximum absolute atomic E-state index is 11.8. The minimum atomic E-state index is -0.955. The Hall–Kier alpha value is -2.55. The number of rotatable bonds is 8. The van der Waals surface area contributed by atoms with E-state index in [0.717, 1.165) is 5.56 Å². The van der Waals surface area contributed by atoms with Crippen LogP contribution >= 0.6 is 0 Å². The molecular weight excluding hydrogens is 270 g/mol. The van der Waals surface area contributed by atoms with Crippen molar-refractivity contribution in [2.45, 2.75) is 31.7 Å². The van der Waals surface area contributed by atoms with E-state index in [0.29, 0.717) is 19.3 Å². The van der Waals surface area contributed by atoms with Crippen molar-refractivity contribution in [3.8, 4) is 6.07 Å². The molecule has 0 bridgehead atoms. The van der Waals surface area contributed by atoms with Crippen molar-refractivity contribution in [1.82, 2.24) is 10.6 Å². The van der Waals surface area contributed by atoms with E-state index in [1.807, 2.05) is 30.3 Å². The summed E-state index contributed by atoms with van der Waals surface area (Å²) in [6.45, 7) is 0.0842. The van der Waals surface area contributed by atoms with E-state index < -0.39 is 12.0 Å². The van der Waals surface area contributed by atoms with Crippen molar-refractivity contribution in [3.05, 3.63) is 35.9 Å². The zero-order valence-corrected chi connectivity index (χ0v) is 11.7. The fraction of sp³-hybridized carbons (Fsp3) is 0.400. The summed E-state index contributed by atoms with van der Waals surface area (Å²) in [6, 6.07) is 11.0. The number of amides is 2. The highest BCUT2D eigenvalue weighted by atomic mass is 16.4. The molecular formula is C15H19N3O3. The lowest BCUT2D eigenvalue weighted by Crippen LogP contribution is -2.38. The maximum Gasteiger partial charge on any atom is 0.315 e. The van der Waals surface area contributed by atoms with Gasteiger partial charge in [-0.15, -0.1) is 0 Å². The van der Waals surface area contributed by atoms with E-state index in [1.165, 1.54) is 0 Å². The summed E-state index contributed by atoms with van der Waals surface area (Å²) in [6.07, 6.45) is 1.67. The minimum Gasteiger partial charge on any atom is -0.481 e. The number of carboxylic acids is 1. The van der Waals surface area contributed by atoms with Gasteiger partial charge < -0.3 is 15.7 Å². The molecule has 0 radical (unpaired) electrons. The number of hydrogen-bond donors (Lipinski definition) is 3. The van der Waals surface area contributed by atoms with Gasteiger partial charge in [0.05, 0.1) is 18.5 Å². The summed E-state index contributed by atoms with van der Waals surface area (Å²) in [4.78, 5) is 22.2. The lowest BCUT2D eigenvalue weighted by Gasteiger charge is -2.19. The van der Waals surface area contributed by atoms with Gasteiger partial charge in [-0.3, -0.25) is 4.79 Å². The van der Waals surface area contributed by atoms with Crippen LogP contribution in [0.5, 0.6) is 0 Å². The minimum absolute atomic E-state index is 0.0842. The molecule has 0 saturated carbocycles. The first-order chi connectivity index (χ1) is 10.1. The molecule has 0 aromatic heterocycles. The molecule has 6 nitrogen and oxygen atoms in total. The van der Waals surface area contributed by atoms with Gasteiger partial charge in [-0.05, 0) is 18.4 Å². The van der Waals surface area contributed by atoms with Crippen LogP contribution in [0.2, 0.25) is 0 Å². The largest absolute Gasteiger partial charge is 0.481 e. The molecule has 1 atom stereocenters. The number of urea groups is 1. The average molecular weight is 289 g/mol. The molecule has 1 aromatic carbocycles. The third kappa shape index (κ3) is 6.97. The average Bonchev–Trinajstić information content (AvgIpc) is 2.47. The van der Waals surface area contributed by atoms with Crippen LogP contribution in [-0.4, -0.2) is 23.7 Å². The molecule has 0 heterocycles. The summed E-state index contributed by atoms with van der Waals surface area (Å²) in [5.41, 5.74) is 0.962. The summed E-state index contributed by atoms with van der Waals surface area (Å²) in [7, 11) is 0. The highest BCUT2D eigenvalue weighted by molar-refractivity contribution is 5.75. The van der Waals surface area contributed by atoms with Crippen LogP contribution in [0.4, 0.5) is 4.79 Å². The summed E-state index contributed by atoms with van der Waals surface area (Å²) in [5.74, 6) is -0.955. The summed E-state index contributed by atoms with van der Waals surface area (Å²) >= 11 is 0. The van der Waals surface area contributed by atoms with Crippen LogP contribution in [0.1, 0.15) is 37.3 Å². The van der Waals surface area contributed by atoms with E-state index in [2.05, 4.69) is 16.7 Å². The van der Waals surface area contributed by atoms with Crippen LogP contribution in [0, 0.1) is 11.3 Å². The van der Waals surface area contributed by atoms with Crippen LogP contribution in [0.3, 0.4) is 0 Å². The molecule has 0 aliphatic carbocycles. The van der Waals surface area contributed by atoms with Crippen LogP contribution in [-0.2, 0) is 4.79 Å². The van der Waals surface area contributed by atoms with E-state index in [-0.39, 0.29) is 19.0 Å². The number of aliphatic carboxylic acids is 1. The van der Waals surface area contributed by atoms with Crippen molar-refractivity contribution in [2.24, 2.45) is 0 Å². The van der Waals surface area contributed by atoms with Gasteiger partial charge in [-0.1, -0.05) is 30.3 Å². The summed E-state index contributed by atoms with van der Waals surface area (Å²) < 4.78 is 0. The van der Waals surface area contributed by atoms with Crippen LogP contribution < -0.4 is 10.6 Å². The van der Waals surface area contributed by atoms with E-state index in [4.69, 9.17) is 10.4 Å². The van der Waals surface area contributed by atoms with Crippen LogP contribution in [0.25, 0.3) is 0 Å². The molecule has 2 amide bonds. The Morgan fingerprint density at radius 3 is 2.62 bits per heavy atom. The molecule has 0 saturated heterocycles. The third-order valence-electron chi connectivity index (χ3n) is 2.91. The third-order valence-corrected chi connectivity index (χ3v) is 2.91. The smallest absolute Gasteiger partial charge is 0.315 e. The number of nitrogens with zero attached hydrogens (tertiary/aromatic N) is 1. The predicted molar refractivity (Wildman–Crippen MR) is 77.4 cm³/mol. The standard InChI is InChI=1S/C15H19N3O3/c16-10-5-4-8-13(12-6-2-1-3-7-12)18-15(21)17-11-9-14(19)20/h1-3,6-7,13H,4-5,8-9,11H2,(H,19,20)(H2,17,18,21). The first-order valence-electron chi connectivity index (χ1n) is 6.81. The van der Waals surface area contributed by atoms with Gasteiger partial charge in [0.25, 0.3) is 0 Å². The number of hydrogen-bond acceptors (Lipinski definition) is 3. The lowest BCUT2D eigenvalue weighted by atomic mass is 10.0. The van der Waals surface area contributed by atoms with E-state index in [9.17, 15) is 9.59 Å².